The number of ether oxygens (including phenoxy) is 1. The Kier molecular flexibility index (Phi) is 6.98. The zero-order chi connectivity index (χ0) is 13.5. The first-order chi connectivity index (χ1) is 7.83. The number of carbonyl (C=O) groups excluding carboxylic acids is 1. The molecule has 0 fully saturated rings. The lowest BCUT2D eigenvalue weighted by molar-refractivity contribution is -0.143. The molecule has 0 aromatic carbocycles. The second-order valence-electron chi connectivity index (χ2n) is 4.13. The van der Waals surface area contributed by atoms with Crippen molar-refractivity contribution in [3.8, 4) is 0 Å². The molecule has 0 aliphatic heterocycles. The summed E-state index contributed by atoms with van der Waals surface area (Å²) in [6.45, 7) is 5.61. The minimum atomic E-state index is -4.13. The van der Waals surface area contributed by atoms with Crippen molar-refractivity contribution < 1.29 is 23.9 Å². The van der Waals surface area contributed by atoms with Gasteiger partial charge in [0.25, 0.3) is 0 Å². The molecule has 102 valence electrons. The van der Waals surface area contributed by atoms with Crippen molar-refractivity contribution in [3.63, 3.8) is 0 Å². The lowest BCUT2D eigenvalue weighted by atomic mass is 9.95. The van der Waals surface area contributed by atoms with Gasteiger partial charge >= 0.3 is 13.6 Å². The molecule has 2 N–H and O–H groups in total. The normalized spacial score (nSPS) is 12.5. The van der Waals surface area contributed by atoms with Crippen molar-refractivity contribution in [3.05, 3.63) is 0 Å². The third kappa shape index (κ3) is 4.78. The quantitative estimate of drug-likeness (QED) is 0.520. The van der Waals surface area contributed by atoms with Gasteiger partial charge in [0, 0.05) is 6.42 Å². The van der Waals surface area contributed by atoms with E-state index in [2.05, 4.69) is 0 Å². The number of rotatable bonds is 8. The lowest BCUT2D eigenvalue weighted by Gasteiger charge is -2.32. The van der Waals surface area contributed by atoms with E-state index in [1.807, 2.05) is 0 Å². The highest BCUT2D eigenvalue weighted by atomic mass is 31.2. The molecule has 0 saturated carbocycles. The van der Waals surface area contributed by atoms with E-state index in [0.717, 1.165) is 0 Å². The third-order valence-electron chi connectivity index (χ3n) is 3.26. The van der Waals surface area contributed by atoms with Gasteiger partial charge in [-0.2, -0.15) is 0 Å². The molecule has 0 aromatic rings. The Morgan fingerprint density at radius 2 is 1.76 bits per heavy atom. The van der Waals surface area contributed by atoms with Crippen LogP contribution < -0.4 is 0 Å². The Balaban J connectivity index is 4.39. The molecule has 0 radical (unpaired) electrons. The second-order valence-corrected chi connectivity index (χ2v) is 6.17. The maximum atomic E-state index is 11.5. The van der Waals surface area contributed by atoms with Crippen molar-refractivity contribution in [2.45, 2.75) is 58.0 Å². The van der Waals surface area contributed by atoms with Gasteiger partial charge in [0.1, 0.15) is 0 Å². The fourth-order valence-corrected chi connectivity index (χ4v) is 3.23. The minimum absolute atomic E-state index is 0.218. The van der Waals surface area contributed by atoms with E-state index in [-0.39, 0.29) is 12.4 Å². The Morgan fingerprint density at radius 3 is 2.12 bits per heavy atom. The standard InChI is InChI=1S/C11H23O5P/c1-4-11(5-2,17(13,14)15)9-7-8-10(12)16-6-3/h4-9H2,1-3H3,(H2,13,14,15). The number of hydrogen-bond acceptors (Lipinski definition) is 3. The van der Waals surface area contributed by atoms with Gasteiger partial charge in [-0.15, -0.1) is 0 Å². The molecular formula is C11H23O5P. The van der Waals surface area contributed by atoms with Crippen LogP contribution >= 0.6 is 7.60 Å². The Labute approximate surface area is 103 Å². The highest BCUT2D eigenvalue weighted by Gasteiger charge is 2.42. The van der Waals surface area contributed by atoms with Crippen LogP contribution in [0.25, 0.3) is 0 Å². The van der Waals surface area contributed by atoms with E-state index < -0.39 is 12.8 Å². The largest absolute Gasteiger partial charge is 0.466 e. The number of hydrogen-bond donors (Lipinski definition) is 2. The molecule has 0 spiro atoms. The molecule has 0 aliphatic rings. The van der Waals surface area contributed by atoms with Gasteiger partial charge < -0.3 is 14.5 Å². The average Bonchev–Trinajstić information content (AvgIpc) is 2.23. The summed E-state index contributed by atoms with van der Waals surface area (Å²) in [5.74, 6) is -0.306. The fraction of sp³-hybridized carbons (Fsp3) is 0.909. The van der Waals surface area contributed by atoms with Gasteiger partial charge in [-0.25, -0.2) is 0 Å². The van der Waals surface area contributed by atoms with Crippen LogP contribution in [0, 0.1) is 0 Å². The molecule has 0 atom stereocenters. The Morgan fingerprint density at radius 1 is 1.24 bits per heavy atom. The monoisotopic (exact) mass is 266 g/mol. The van der Waals surface area contributed by atoms with Crippen molar-refractivity contribution in [2.24, 2.45) is 0 Å². The summed E-state index contributed by atoms with van der Waals surface area (Å²) < 4.78 is 16.3. The summed E-state index contributed by atoms with van der Waals surface area (Å²) in [5.41, 5.74) is 0. The summed E-state index contributed by atoms with van der Waals surface area (Å²) in [6.07, 6.45) is 1.84. The molecule has 6 heteroatoms. The predicted octanol–water partition coefficient (Wildman–Crippen LogP) is 2.46. The smallest absolute Gasteiger partial charge is 0.331 e. The van der Waals surface area contributed by atoms with E-state index in [4.69, 9.17) is 4.74 Å². The minimum Gasteiger partial charge on any atom is -0.466 e. The Bertz CT molecular complexity index is 280. The summed E-state index contributed by atoms with van der Waals surface area (Å²) in [7, 11) is -4.13. The van der Waals surface area contributed by atoms with Gasteiger partial charge in [0.2, 0.25) is 0 Å². The van der Waals surface area contributed by atoms with Gasteiger partial charge in [0.15, 0.2) is 0 Å². The molecule has 0 heterocycles. The van der Waals surface area contributed by atoms with Crippen LogP contribution in [-0.4, -0.2) is 27.5 Å². The van der Waals surface area contributed by atoms with Gasteiger partial charge in [-0.1, -0.05) is 13.8 Å². The average molecular weight is 266 g/mol. The van der Waals surface area contributed by atoms with E-state index in [1.54, 1.807) is 20.8 Å². The summed E-state index contributed by atoms with van der Waals surface area (Å²) in [4.78, 5) is 29.9. The van der Waals surface area contributed by atoms with Gasteiger partial charge in [-0.05, 0) is 32.6 Å². The molecule has 0 unspecified atom stereocenters. The zero-order valence-corrected chi connectivity index (χ0v) is 11.7. The number of esters is 1. The second kappa shape index (κ2) is 7.14. The SMILES string of the molecule is CCOC(=O)CCCC(CC)(CC)P(=O)(O)O. The van der Waals surface area contributed by atoms with E-state index in [0.29, 0.717) is 32.3 Å². The van der Waals surface area contributed by atoms with Crippen LogP contribution in [0.15, 0.2) is 0 Å². The first-order valence-electron chi connectivity index (χ1n) is 6.04. The van der Waals surface area contributed by atoms with E-state index in [1.165, 1.54) is 0 Å². The molecule has 5 nitrogen and oxygen atoms in total. The molecule has 0 rings (SSSR count). The van der Waals surface area contributed by atoms with Crippen LogP contribution in [-0.2, 0) is 14.1 Å². The van der Waals surface area contributed by atoms with Gasteiger partial charge in [0.05, 0.1) is 11.8 Å². The fourth-order valence-electron chi connectivity index (χ4n) is 1.96. The third-order valence-corrected chi connectivity index (χ3v) is 5.35. The molecule has 17 heavy (non-hydrogen) atoms. The Hall–Kier alpha value is -0.380. The molecule has 0 bridgehead atoms. The molecule has 0 saturated heterocycles. The molecular weight excluding hydrogens is 243 g/mol. The number of carbonyl (C=O) groups is 1. The van der Waals surface area contributed by atoms with Crippen LogP contribution in [0.1, 0.15) is 52.9 Å². The van der Waals surface area contributed by atoms with Crippen molar-refractivity contribution in [2.75, 3.05) is 6.61 Å². The molecule has 0 aliphatic carbocycles. The van der Waals surface area contributed by atoms with Crippen molar-refractivity contribution >= 4 is 13.6 Å². The highest BCUT2D eigenvalue weighted by Crippen LogP contribution is 2.56. The zero-order valence-electron chi connectivity index (χ0n) is 10.8. The van der Waals surface area contributed by atoms with Gasteiger partial charge in [-0.3, -0.25) is 9.36 Å². The topological polar surface area (TPSA) is 83.8 Å². The van der Waals surface area contributed by atoms with Crippen LogP contribution in [0.4, 0.5) is 0 Å². The van der Waals surface area contributed by atoms with E-state index in [9.17, 15) is 19.1 Å². The molecule has 0 amide bonds. The first-order valence-corrected chi connectivity index (χ1v) is 7.65. The van der Waals surface area contributed by atoms with Crippen LogP contribution in [0.3, 0.4) is 0 Å². The predicted molar refractivity (Wildman–Crippen MR) is 65.8 cm³/mol. The van der Waals surface area contributed by atoms with E-state index >= 15 is 0 Å². The van der Waals surface area contributed by atoms with Crippen LogP contribution in [0.2, 0.25) is 0 Å². The maximum Gasteiger partial charge on any atom is 0.331 e. The van der Waals surface area contributed by atoms with Crippen molar-refractivity contribution in [1.82, 2.24) is 0 Å². The summed E-state index contributed by atoms with van der Waals surface area (Å²) >= 11 is 0. The molecule has 0 aromatic heterocycles. The lowest BCUT2D eigenvalue weighted by Crippen LogP contribution is -2.27. The maximum absolute atomic E-state index is 11.5. The van der Waals surface area contributed by atoms with Crippen molar-refractivity contribution in [1.29, 1.82) is 0 Å². The highest BCUT2D eigenvalue weighted by molar-refractivity contribution is 7.53. The summed E-state index contributed by atoms with van der Waals surface area (Å²) in [6, 6.07) is 0. The first kappa shape index (κ1) is 16.6. The van der Waals surface area contributed by atoms with Crippen LogP contribution in [0.5, 0.6) is 0 Å². The summed E-state index contributed by atoms with van der Waals surface area (Å²) in [5, 5.41) is -0.987.